The number of hydrogen-bond donors (Lipinski definition) is 0. The highest BCUT2D eigenvalue weighted by Crippen LogP contribution is 2.41. The van der Waals surface area contributed by atoms with Gasteiger partial charge in [-0.25, -0.2) is 0 Å². The number of rotatable bonds is 1. The van der Waals surface area contributed by atoms with Gasteiger partial charge in [-0.2, -0.15) is 0 Å². The first-order chi connectivity index (χ1) is 15.1. The lowest BCUT2D eigenvalue weighted by Gasteiger charge is -2.36. The van der Waals surface area contributed by atoms with Crippen molar-refractivity contribution in [3.05, 3.63) is 101 Å². The fourth-order valence-electron chi connectivity index (χ4n) is 5.11. The molecule has 2 aliphatic rings. The van der Waals surface area contributed by atoms with Crippen LogP contribution in [0.4, 0.5) is 0 Å². The fraction of sp³-hybridized carbons (Fsp3) is 0.185. The number of nitrogens with zero attached hydrogens (tertiary/aromatic N) is 1. The van der Waals surface area contributed by atoms with E-state index in [9.17, 15) is 9.59 Å². The van der Waals surface area contributed by atoms with Crippen molar-refractivity contribution in [1.82, 2.24) is 4.57 Å². The third-order valence-corrected chi connectivity index (χ3v) is 6.60. The van der Waals surface area contributed by atoms with Crippen molar-refractivity contribution in [1.29, 1.82) is 0 Å². The van der Waals surface area contributed by atoms with E-state index in [0.717, 1.165) is 27.7 Å². The molecule has 6 rings (SSSR count). The van der Waals surface area contributed by atoms with Gasteiger partial charge in [0.25, 0.3) is 5.91 Å². The Morgan fingerprint density at radius 2 is 1.74 bits per heavy atom. The normalized spacial score (nSPS) is 19.3. The van der Waals surface area contributed by atoms with Crippen LogP contribution < -0.4 is 4.74 Å². The monoisotopic (exact) mass is 407 g/mol. The molecule has 1 aliphatic heterocycles. The van der Waals surface area contributed by atoms with Crippen LogP contribution in [0.2, 0.25) is 0 Å². The van der Waals surface area contributed by atoms with Crippen LogP contribution in [0.1, 0.15) is 37.5 Å². The van der Waals surface area contributed by atoms with Crippen LogP contribution in [-0.2, 0) is 12.8 Å². The van der Waals surface area contributed by atoms with Crippen molar-refractivity contribution < 1.29 is 14.3 Å². The molecule has 1 aromatic heterocycles. The molecule has 0 N–H and O–H groups in total. The average molecular weight is 407 g/mol. The molecule has 0 unspecified atom stereocenters. The molecule has 4 aromatic rings. The Morgan fingerprint density at radius 1 is 0.968 bits per heavy atom. The maximum Gasteiger partial charge on any atom is 0.262 e. The summed E-state index contributed by atoms with van der Waals surface area (Å²) in [6, 6.07) is 23.1. The Kier molecular flexibility index (Phi) is 3.90. The summed E-state index contributed by atoms with van der Waals surface area (Å²) >= 11 is 0. The molecule has 2 heterocycles. The molecule has 0 spiro atoms. The summed E-state index contributed by atoms with van der Waals surface area (Å²) in [7, 11) is 0. The molecule has 0 radical (unpaired) electrons. The highest BCUT2D eigenvalue weighted by Gasteiger charge is 2.43. The molecular weight excluding hydrogens is 386 g/mol. The topological polar surface area (TPSA) is 48.3 Å². The van der Waals surface area contributed by atoms with E-state index in [2.05, 4.69) is 6.07 Å². The van der Waals surface area contributed by atoms with E-state index in [-0.39, 0.29) is 23.7 Å². The SMILES string of the molecule is Cc1ccc2c(c1)C(=O)[C@@H]1Cc3c(c4ccccc4n3C(=O)c3ccccc3)C[C@H]1O2. The van der Waals surface area contributed by atoms with E-state index in [4.69, 9.17) is 4.74 Å². The van der Waals surface area contributed by atoms with Gasteiger partial charge in [0, 0.05) is 29.5 Å². The number of benzene rings is 3. The first kappa shape index (κ1) is 18.1. The molecule has 1 aliphatic carbocycles. The zero-order valence-electron chi connectivity index (χ0n) is 17.2. The summed E-state index contributed by atoms with van der Waals surface area (Å²) in [6.45, 7) is 1.98. The lowest BCUT2D eigenvalue weighted by atomic mass is 9.78. The van der Waals surface area contributed by atoms with Crippen molar-refractivity contribution in [2.24, 2.45) is 5.92 Å². The number of fused-ring (bicyclic) bond motifs is 5. The second-order valence-corrected chi connectivity index (χ2v) is 8.48. The Morgan fingerprint density at radius 3 is 2.58 bits per heavy atom. The largest absolute Gasteiger partial charge is 0.489 e. The Balaban J connectivity index is 1.51. The van der Waals surface area contributed by atoms with Crippen LogP contribution in [0.25, 0.3) is 10.9 Å². The molecule has 0 amide bonds. The zero-order valence-corrected chi connectivity index (χ0v) is 17.2. The first-order valence-corrected chi connectivity index (χ1v) is 10.6. The lowest BCUT2D eigenvalue weighted by molar-refractivity contribution is 0.0626. The Hall–Kier alpha value is -3.66. The van der Waals surface area contributed by atoms with Crippen molar-refractivity contribution in [2.75, 3.05) is 0 Å². The molecule has 0 saturated carbocycles. The third-order valence-electron chi connectivity index (χ3n) is 6.60. The number of carbonyl (C=O) groups is 2. The van der Waals surface area contributed by atoms with Crippen LogP contribution in [0.5, 0.6) is 5.75 Å². The highest BCUT2D eigenvalue weighted by molar-refractivity contribution is 6.06. The number of carbonyl (C=O) groups excluding carboxylic acids is 2. The van der Waals surface area contributed by atoms with Crippen LogP contribution in [0.15, 0.2) is 72.8 Å². The van der Waals surface area contributed by atoms with Gasteiger partial charge in [-0.05, 0) is 42.8 Å². The van der Waals surface area contributed by atoms with Crippen LogP contribution >= 0.6 is 0 Å². The minimum absolute atomic E-state index is 0.0584. The van der Waals surface area contributed by atoms with Crippen molar-refractivity contribution in [2.45, 2.75) is 25.9 Å². The predicted octanol–water partition coefficient (Wildman–Crippen LogP) is 5.00. The van der Waals surface area contributed by atoms with Gasteiger partial charge in [0.05, 0.1) is 17.0 Å². The van der Waals surface area contributed by atoms with Gasteiger partial charge in [0.2, 0.25) is 0 Å². The van der Waals surface area contributed by atoms with Crippen LogP contribution in [0.3, 0.4) is 0 Å². The summed E-state index contributed by atoms with van der Waals surface area (Å²) in [4.78, 5) is 26.9. The lowest BCUT2D eigenvalue weighted by Crippen LogP contribution is -2.43. The second-order valence-electron chi connectivity index (χ2n) is 8.48. The van der Waals surface area contributed by atoms with E-state index in [1.54, 1.807) is 0 Å². The Labute approximate surface area is 180 Å². The van der Waals surface area contributed by atoms with E-state index in [1.807, 2.05) is 78.2 Å². The minimum atomic E-state index is -0.284. The summed E-state index contributed by atoms with van der Waals surface area (Å²) in [5.74, 6) is 0.444. The number of Topliss-reactive ketones (excluding diaryl/α,β-unsaturated/α-hetero) is 1. The number of aryl methyl sites for hydroxylation is 1. The van der Waals surface area contributed by atoms with Gasteiger partial charge in [-0.15, -0.1) is 0 Å². The number of aromatic nitrogens is 1. The summed E-state index contributed by atoms with van der Waals surface area (Å²) in [5.41, 5.74) is 5.27. The molecular formula is C27H21NO3. The fourth-order valence-corrected chi connectivity index (χ4v) is 5.11. The van der Waals surface area contributed by atoms with Crippen molar-refractivity contribution in [3.8, 4) is 5.75 Å². The summed E-state index contributed by atoms with van der Waals surface area (Å²) in [6.07, 6.45) is 0.912. The first-order valence-electron chi connectivity index (χ1n) is 10.6. The maximum absolute atomic E-state index is 13.5. The number of para-hydroxylation sites is 1. The van der Waals surface area contributed by atoms with Gasteiger partial charge < -0.3 is 4.74 Å². The van der Waals surface area contributed by atoms with Crippen LogP contribution in [-0.4, -0.2) is 22.4 Å². The zero-order chi connectivity index (χ0) is 21.1. The van der Waals surface area contributed by atoms with Gasteiger partial charge in [0.15, 0.2) is 5.78 Å². The van der Waals surface area contributed by atoms with E-state index in [1.165, 1.54) is 0 Å². The highest BCUT2D eigenvalue weighted by atomic mass is 16.5. The number of ether oxygens (including phenoxy) is 1. The molecule has 4 nitrogen and oxygen atoms in total. The third kappa shape index (κ3) is 2.68. The molecule has 0 saturated heterocycles. The van der Waals surface area contributed by atoms with E-state index >= 15 is 0 Å². The molecule has 152 valence electrons. The van der Waals surface area contributed by atoms with Crippen molar-refractivity contribution >= 4 is 22.6 Å². The van der Waals surface area contributed by atoms with Crippen LogP contribution in [0, 0.1) is 12.8 Å². The average Bonchev–Trinajstić information content (AvgIpc) is 3.12. The quantitative estimate of drug-likeness (QED) is 0.446. The summed E-state index contributed by atoms with van der Waals surface area (Å²) < 4.78 is 8.12. The molecule has 4 heteroatoms. The van der Waals surface area contributed by atoms with E-state index in [0.29, 0.717) is 29.7 Å². The molecule has 3 aromatic carbocycles. The summed E-state index contributed by atoms with van der Waals surface area (Å²) in [5, 5.41) is 1.06. The molecule has 31 heavy (non-hydrogen) atoms. The number of hydrogen-bond acceptors (Lipinski definition) is 3. The standard InChI is InChI=1S/C27H21NO3/c1-16-11-12-24-20(13-16)26(29)21-14-23-19(15-25(21)31-24)18-9-5-6-10-22(18)28(23)27(30)17-7-3-2-4-8-17/h2-13,21,25H,14-15H2,1H3/t21-,25-/m1/s1. The minimum Gasteiger partial charge on any atom is -0.489 e. The number of ketones is 1. The van der Waals surface area contributed by atoms with Gasteiger partial charge in [-0.1, -0.05) is 48.0 Å². The predicted molar refractivity (Wildman–Crippen MR) is 119 cm³/mol. The van der Waals surface area contributed by atoms with Gasteiger partial charge in [0.1, 0.15) is 11.9 Å². The second kappa shape index (κ2) is 6.67. The maximum atomic E-state index is 13.5. The molecule has 0 bridgehead atoms. The van der Waals surface area contributed by atoms with E-state index < -0.39 is 0 Å². The smallest absolute Gasteiger partial charge is 0.262 e. The molecule has 2 atom stereocenters. The Bertz CT molecular complexity index is 1370. The molecule has 0 fully saturated rings. The van der Waals surface area contributed by atoms with Crippen molar-refractivity contribution in [3.63, 3.8) is 0 Å². The van der Waals surface area contributed by atoms with Gasteiger partial charge >= 0.3 is 0 Å². The van der Waals surface area contributed by atoms with Gasteiger partial charge in [-0.3, -0.25) is 14.2 Å².